The molecule has 2 rings (SSSR count). The lowest BCUT2D eigenvalue weighted by atomic mass is 10.1. The third kappa shape index (κ3) is 4.10. The minimum atomic E-state index is -3.44. The van der Waals surface area contributed by atoms with Gasteiger partial charge in [-0.2, -0.15) is 0 Å². The van der Waals surface area contributed by atoms with E-state index in [2.05, 4.69) is 5.32 Å². The van der Waals surface area contributed by atoms with Gasteiger partial charge in [0.2, 0.25) is 10.0 Å². The summed E-state index contributed by atoms with van der Waals surface area (Å²) in [6, 6.07) is 12.7. The van der Waals surface area contributed by atoms with Crippen LogP contribution in [0.15, 0.2) is 47.4 Å². The van der Waals surface area contributed by atoms with E-state index in [1.54, 1.807) is 18.2 Å². The second-order valence-electron chi connectivity index (χ2n) is 5.59. The number of nitrogens with one attached hydrogen (secondary N) is 1. The van der Waals surface area contributed by atoms with Gasteiger partial charge >= 0.3 is 0 Å². The molecule has 0 heterocycles. The molecule has 0 bridgehead atoms. The number of benzene rings is 2. The second kappa shape index (κ2) is 7.12. The number of anilines is 1. The van der Waals surface area contributed by atoms with Crippen LogP contribution < -0.4 is 5.32 Å². The van der Waals surface area contributed by atoms with Crippen LogP contribution in [0.1, 0.15) is 16.7 Å². The maximum atomic E-state index is 12.2. The molecule has 0 amide bonds. The Morgan fingerprint density at radius 3 is 2.22 bits per heavy atom. The van der Waals surface area contributed by atoms with Crippen molar-refractivity contribution in [2.45, 2.75) is 25.0 Å². The van der Waals surface area contributed by atoms with E-state index < -0.39 is 10.0 Å². The number of rotatable bonds is 6. The third-order valence-electron chi connectivity index (χ3n) is 3.68. The van der Waals surface area contributed by atoms with Crippen molar-refractivity contribution < 1.29 is 13.5 Å². The fourth-order valence-electron chi connectivity index (χ4n) is 2.12. The highest BCUT2D eigenvalue weighted by molar-refractivity contribution is 7.89. The molecule has 2 aromatic carbocycles. The van der Waals surface area contributed by atoms with Crippen molar-refractivity contribution in [3.8, 4) is 0 Å². The smallest absolute Gasteiger partial charge is 0.242 e. The SMILES string of the molecule is Cc1ccc(S(=O)(=O)N(C)C)cc1NCc1ccc(CO)cc1. The molecule has 6 heteroatoms. The Balaban J connectivity index is 2.19. The lowest BCUT2D eigenvalue weighted by Gasteiger charge is -2.15. The van der Waals surface area contributed by atoms with Gasteiger partial charge in [-0.25, -0.2) is 12.7 Å². The van der Waals surface area contributed by atoms with E-state index in [0.717, 1.165) is 22.4 Å². The number of aliphatic hydroxyl groups is 1. The zero-order valence-electron chi connectivity index (χ0n) is 13.6. The van der Waals surface area contributed by atoms with E-state index in [1.165, 1.54) is 18.4 Å². The van der Waals surface area contributed by atoms with Gasteiger partial charge in [-0.15, -0.1) is 0 Å². The van der Waals surface area contributed by atoms with Gasteiger partial charge < -0.3 is 10.4 Å². The van der Waals surface area contributed by atoms with Gasteiger partial charge in [0.1, 0.15) is 0 Å². The summed E-state index contributed by atoms with van der Waals surface area (Å²) in [4.78, 5) is 0.270. The van der Waals surface area contributed by atoms with Gasteiger partial charge in [0.15, 0.2) is 0 Å². The predicted molar refractivity (Wildman–Crippen MR) is 91.7 cm³/mol. The molecule has 0 saturated heterocycles. The molecule has 0 spiro atoms. The van der Waals surface area contributed by atoms with Crippen molar-refractivity contribution >= 4 is 15.7 Å². The van der Waals surface area contributed by atoms with Crippen LogP contribution in [0.25, 0.3) is 0 Å². The molecule has 0 saturated carbocycles. The summed E-state index contributed by atoms with van der Waals surface area (Å²) < 4.78 is 25.6. The van der Waals surface area contributed by atoms with Crippen LogP contribution in [0.5, 0.6) is 0 Å². The summed E-state index contributed by atoms with van der Waals surface area (Å²) in [7, 11) is -0.405. The highest BCUT2D eigenvalue weighted by Gasteiger charge is 2.17. The van der Waals surface area contributed by atoms with Crippen LogP contribution in [0.2, 0.25) is 0 Å². The average Bonchev–Trinajstić information content (AvgIpc) is 2.54. The number of nitrogens with zero attached hydrogens (tertiary/aromatic N) is 1. The Bertz CT molecular complexity index is 769. The average molecular weight is 334 g/mol. The Labute approximate surface area is 137 Å². The molecular formula is C17H22N2O3S. The predicted octanol–water partition coefficient (Wildman–Crippen LogP) is 2.35. The fourth-order valence-corrected chi connectivity index (χ4v) is 3.05. The molecule has 0 radical (unpaired) electrons. The van der Waals surface area contributed by atoms with E-state index in [1.807, 2.05) is 31.2 Å². The maximum Gasteiger partial charge on any atom is 0.242 e. The topological polar surface area (TPSA) is 69.6 Å². The number of hydrogen-bond acceptors (Lipinski definition) is 4. The van der Waals surface area contributed by atoms with E-state index in [-0.39, 0.29) is 11.5 Å². The van der Waals surface area contributed by atoms with Crippen molar-refractivity contribution in [2.24, 2.45) is 0 Å². The van der Waals surface area contributed by atoms with Gasteiger partial charge in [0.05, 0.1) is 11.5 Å². The molecule has 0 aliphatic rings. The van der Waals surface area contributed by atoms with Gasteiger partial charge in [-0.3, -0.25) is 0 Å². The number of aliphatic hydroxyl groups excluding tert-OH is 1. The van der Waals surface area contributed by atoms with E-state index in [4.69, 9.17) is 5.11 Å². The lowest BCUT2D eigenvalue weighted by Crippen LogP contribution is -2.22. The lowest BCUT2D eigenvalue weighted by molar-refractivity contribution is 0.282. The van der Waals surface area contributed by atoms with Gasteiger partial charge in [0.25, 0.3) is 0 Å². The van der Waals surface area contributed by atoms with E-state index in [9.17, 15) is 8.42 Å². The highest BCUT2D eigenvalue weighted by Crippen LogP contribution is 2.22. The monoisotopic (exact) mass is 334 g/mol. The number of aryl methyl sites for hydroxylation is 1. The van der Waals surface area contributed by atoms with Crippen LogP contribution in [-0.2, 0) is 23.2 Å². The van der Waals surface area contributed by atoms with Crippen molar-refractivity contribution in [3.05, 3.63) is 59.2 Å². The highest BCUT2D eigenvalue weighted by atomic mass is 32.2. The Kier molecular flexibility index (Phi) is 5.41. The summed E-state index contributed by atoms with van der Waals surface area (Å²) in [6.45, 7) is 2.54. The summed E-state index contributed by atoms with van der Waals surface area (Å²) in [5.41, 5.74) is 3.69. The Hall–Kier alpha value is -1.89. The molecule has 5 nitrogen and oxygen atoms in total. The van der Waals surface area contributed by atoms with Crippen molar-refractivity contribution in [2.75, 3.05) is 19.4 Å². The minimum Gasteiger partial charge on any atom is -0.392 e. The maximum absolute atomic E-state index is 12.2. The first-order valence-corrected chi connectivity index (χ1v) is 8.74. The Morgan fingerprint density at radius 1 is 1.04 bits per heavy atom. The Morgan fingerprint density at radius 2 is 1.65 bits per heavy atom. The molecule has 0 aliphatic carbocycles. The minimum absolute atomic E-state index is 0.0251. The standard InChI is InChI=1S/C17H22N2O3S/c1-13-4-9-16(23(21,22)19(2)3)10-17(13)18-11-14-5-7-15(12-20)8-6-14/h4-10,18,20H,11-12H2,1-3H3. The van der Waals surface area contributed by atoms with Crippen LogP contribution in [-0.4, -0.2) is 31.9 Å². The third-order valence-corrected chi connectivity index (χ3v) is 5.49. The molecule has 23 heavy (non-hydrogen) atoms. The van der Waals surface area contributed by atoms with Crippen molar-refractivity contribution in [1.29, 1.82) is 0 Å². The van der Waals surface area contributed by atoms with Gasteiger partial charge in [-0.1, -0.05) is 30.3 Å². The first-order chi connectivity index (χ1) is 10.8. The van der Waals surface area contributed by atoms with Crippen LogP contribution in [0.4, 0.5) is 5.69 Å². The summed E-state index contributed by atoms with van der Waals surface area (Å²) >= 11 is 0. The van der Waals surface area contributed by atoms with E-state index >= 15 is 0 Å². The molecule has 0 aliphatic heterocycles. The zero-order valence-corrected chi connectivity index (χ0v) is 14.4. The molecule has 0 fully saturated rings. The molecular weight excluding hydrogens is 312 g/mol. The zero-order chi connectivity index (χ0) is 17.0. The molecule has 2 aromatic rings. The molecule has 0 atom stereocenters. The fraction of sp³-hybridized carbons (Fsp3) is 0.294. The summed E-state index contributed by atoms with van der Waals surface area (Å²) in [5.74, 6) is 0. The molecule has 0 aromatic heterocycles. The normalized spacial score (nSPS) is 11.7. The number of hydrogen-bond donors (Lipinski definition) is 2. The second-order valence-corrected chi connectivity index (χ2v) is 7.74. The largest absolute Gasteiger partial charge is 0.392 e. The quantitative estimate of drug-likeness (QED) is 0.851. The van der Waals surface area contributed by atoms with Crippen molar-refractivity contribution in [3.63, 3.8) is 0 Å². The number of sulfonamides is 1. The molecule has 0 unspecified atom stereocenters. The van der Waals surface area contributed by atoms with E-state index in [0.29, 0.717) is 6.54 Å². The van der Waals surface area contributed by atoms with Crippen molar-refractivity contribution in [1.82, 2.24) is 4.31 Å². The van der Waals surface area contributed by atoms with Crippen LogP contribution in [0.3, 0.4) is 0 Å². The van der Waals surface area contributed by atoms with Gasteiger partial charge in [-0.05, 0) is 35.7 Å². The first kappa shape index (κ1) is 17.5. The summed E-state index contributed by atoms with van der Waals surface area (Å²) in [5, 5.41) is 12.3. The first-order valence-electron chi connectivity index (χ1n) is 7.30. The van der Waals surface area contributed by atoms with Crippen LogP contribution in [0, 0.1) is 6.92 Å². The summed E-state index contributed by atoms with van der Waals surface area (Å²) in [6.07, 6.45) is 0. The van der Waals surface area contributed by atoms with Gasteiger partial charge in [0, 0.05) is 26.3 Å². The molecule has 2 N–H and O–H groups in total. The van der Waals surface area contributed by atoms with Crippen LogP contribution >= 0.6 is 0 Å². The molecule has 124 valence electrons.